The van der Waals surface area contributed by atoms with E-state index in [1.165, 1.54) is 15.6 Å². The first-order chi connectivity index (χ1) is 28.3. The van der Waals surface area contributed by atoms with E-state index in [9.17, 15) is 0 Å². The average Bonchev–Trinajstić information content (AvgIpc) is 3.22. The molecule has 13 heteroatoms. The number of hydrogen-bond acceptors (Lipinski definition) is 9. The van der Waals surface area contributed by atoms with E-state index in [4.69, 9.17) is 42.6 Å². The second kappa shape index (κ2) is 27.0. The van der Waals surface area contributed by atoms with Gasteiger partial charge in [0, 0.05) is 0 Å². The van der Waals surface area contributed by atoms with Crippen LogP contribution in [0.15, 0.2) is 36.4 Å². The minimum atomic E-state index is -1.68. The third-order valence-electron chi connectivity index (χ3n) is 10.1. The van der Waals surface area contributed by atoms with Gasteiger partial charge in [-0.15, -0.1) is 0 Å². The number of ether oxygens (including phenoxy) is 9. The normalized spacial score (nSPS) is 13.9. The molecule has 0 heterocycles. The first-order valence-corrected chi connectivity index (χ1v) is 30.0. The van der Waals surface area contributed by atoms with Gasteiger partial charge in [0.25, 0.3) is 0 Å². The van der Waals surface area contributed by atoms with Crippen molar-refractivity contribution in [3.8, 4) is 51.7 Å². The summed E-state index contributed by atoms with van der Waals surface area (Å²) in [6.45, 7) is 30.7. The molecule has 3 atom stereocenters. The second-order valence-corrected chi connectivity index (χ2v) is 31.2. The summed E-state index contributed by atoms with van der Waals surface area (Å²) in [6, 6.07) is 13.2. The number of benzene rings is 3. The zero-order valence-corrected chi connectivity index (χ0v) is 44.0. The Morgan fingerprint density at radius 2 is 0.552 bits per heavy atom. The molecule has 0 aliphatic carbocycles. The second-order valence-electron chi connectivity index (χ2n) is 13.8. The molecule has 3 aromatic rings. The monoisotopic (exact) mass is 918 g/mol. The van der Waals surface area contributed by atoms with E-state index in [0.717, 1.165) is 71.0 Å². The van der Waals surface area contributed by atoms with E-state index in [-0.39, 0.29) is 0 Å². The fourth-order valence-corrected chi connectivity index (χ4v) is 41.0. The summed E-state index contributed by atoms with van der Waals surface area (Å²) in [5.41, 5.74) is 0. The Morgan fingerprint density at radius 3 is 0.759 bits per heavy atom. The summed E-state index contributed by atoms with van der Waals surface area (Å²) in [5.74, 6) is 7.23. The van der Waals surface area contributed by atoms with Gasteiger partial charge < -0.3 is 0 Å². The third kappa shape index (κ3) is 13.0. The molecular weight excluding hydrogens is 844 g/mol. The molecule has 326 valence electrons. The fourth-order valence-electron chi connectivity index (χ4n) is 7.83. The van der Waals surface area contributed by atoms with Gasteiger partial charge in [0.2, 0.25) is 0 Å². The maximum atomic E-state index is 6.50. The van der Waals surface area contributed by atoms with Crippen molar-refractivity contribution < 1.29 is 42.6 Å². The van der Waals surface area contributed by atoms with E-state index in [2.05, 4.69) is 77.9 Å². The Labute approximate surface area is 362 Å². The molecule has 0 radical (unpaired) electrons. The molecule has 3 rings (SSSR count). The van der Waals surface area contributed by atoms with Crippen LogP contribution in [0.5, 0.6) is 51.7 Å². The van der Waals surface area contributed by atoms with Crippen LogP contribution in [0.1, 0.15) is 102 Å². The molecule has 0 aliphatic rings. The number of rotatable bonds is 30. The number of hydrogen-bond donors (Lipinski definition) is 0. The molecule has 0 spiro atoms. The molecule has 0 saturated carbocycles. The van der Waals surface area contributed by atoms with E-state index in [0.29, 0.717) is 72.4 Å². The van der Waals surface area contributed by atoms with E-state index in [1.54, 1.807) is 0 Å². The Morgan fingerprint density at radius 1 is 0.328 bits per heavy atom. The van der Waals surface area contributed by atoms with Gasteiger partial charge in [-0.25, -0.2) is 0 Å². The van der Waals surface area contributed by atoms with Gasteiger partial charge in [0.15, 0.2) is 0 Å². The van der Waals surface area contributed by atoms with Crippen molar-refractivity contribution in [2.75, 3.05) is 59.5 Å². The summed E-state index contributed by atoms with van der Waals surface area (Å²) in [7, 11) is -2.54. The topological polar surface area (TPSA) is 83.1 Å². The van der Waals surface area contributed by atoms with Crippen LogP contribution in [0.3, 0.4) is 0 Å². The van der Waals surface area contributed by atoms with Crippen LogP contribution in [0.2, 0.25) is 13.0 Å². The van der Waals surface area contributed by atoms with Crippen LogP contribution in [-0.2, 0) is 0 Å². The van der Waals surface area contributed by atoms with Crippen molar-refractivity contribution in [3.63, 3.8) is 0 Å². The summed E-state index contributed by atoms with van der Waals surface area (Å²) >= 11 is -1.68. The van der Waals surface area contributed by atoms with E-state index >= 15 is 0 Å². The molecule has 0 aromatic heterocycles. The van der Waals surface area contributed by atoms with Crippen molar-refractivity contribution in [2.24, 2.45) is 0 Å². The Kier molecular flexibility index (Phi) is 23.0. The van der Waals surface area contributed by atoms with Gasteiger partial charge in [-0.3, -0.25) is 0 Å². The van der Waals surface area contributed by atoms with Crippen LogP contribution in [0.25, 0.3) is 0 Å². The van der Waals surface area contributed by atoms with Gasteiger partial charge in [0.1, 0.15) is 0 Å². The molecule has 0 aliphatic heterocycles. The quantitative estimate of drug-likeness (QED) is 0.0674. The molecule has 0 N–H and O–H groups in total. The molecule has 0 saturated heterocycles. The molecule has 0 fully saturated rings. The molecule has 3 aromatic carbocycles. The van der Waals surface area contributed by atoms with E-state index in [1.807, 2.05) is 41.5 Å². The van der Waals surface area contributed by atoms with E-state index < -0.39 is 43.2 Å². The molecule has 0 amide bonds. The predicted octanol–water partition coefficient (Wildman–Crippen LogP) is 6.77. The van der Waals surface area contributed by atoms with Crippen LogP contribution < -0.4 is 58.2 Å². The van der Waals surface area contributed by atoms with Crippen LogP contribution in [0.4, 0.5) is 0 Å². The molecular formula is C45H75AsO9Si3. The summed E-state index contributed by atoms with van der Waals surface area (Å²) < 4.78 is 58.6. The van der Waals surface area contributed by atoms with Crippen LogP contribution >= 0.6 is 0 Å². The maximum absolute atomic E-state index is 6.50. The Hall–Kier alpha value is -2.93. The average molecular weight is 919 g/mol. The summed E-state index contributed by atoms with van der Waals surface area (Å²) in [6.07, 6.45) is 3.47. The van der Waals surface area contributed by atoms with Crippen molar-refractivity contribution >= 4 is 58.8 Å². The Balaban J connectivity index is 2.30. The Bertz CT molecular complexity index is 1460. The fraction of sp³-hybridized carbons (Fsp3) is 0.600. The predicted molar refractivity (Wildman–Crippen MR) is 252 cm³/mol. The van der Waals surface area contributed by atoms with Crippen LogP contribution in [-0.4, -0.2) is 103 Å². The summed E-state index contributed by atoms with van der Waals surface area (Å²) in [5, 5.41) is 4.03. The van der Waals surface area contributed by atoms with Crippen molar-refractivity contribution in [1.29, 1.82) is 0 Å². The van der Waals surface area contributed by atoms with Crippen molar-refractivity contribution in [3.05, 3.63) is 36.4 Å². The zero-order chi connectivity index (χ0) is 42.5. The first-order valence-electron chi connectivity index (χ1n) is 22.2. The SMILES string of the molecule is CCOc1ccc([SiH2]C(CC)[As](C(CC)[SiH2]c2ccc(OCC)c(OCC)c2OCC)C(CC)[SiH2]c2ccc(OCC)c(OCC)c2OCC)c(OCC)c1OCC. The molecule has 0 bridgehead atoms. The van der Waals surface area contributed by atoms with Gasteiger partial charge >= 0.3 is 364 Å². The summed E-state index contributed by atoms with van der Waals surface area (Å²) in [4.78, 5) is 0. The molecule has 9 nitrogen and oxygen atoms in total. The van der Waals surface area contributed by atoms with Crippen molar-refractivity contribution in [1.82, 2.24) is 0 Å². The third-order valence-corrected chi connectivity index (χ3v) is 33.9. The first kappa shape index (κ1) is 49.4. The minimum absolute atomic E-state index is 0.551. The standard InChI is InChI=1S/C45H75AsO9Si3/c1-13-37(56-34-28-25-31(47-16-4)40(50-19-7)43(34)53-22-10)46(38(14-2)57-35-29-26-32(48-17-5)41(51-20-8)44(35)54-23-11)39(15-3)58-36-30-27-33(49-18-6)42(52-21-9)45(36)55-24-12/h25-30,37-39H,13-24,56-58H2,1-12H3. The molecule has 58 heavy (non-hydrogen) atoms. The zero-order valence-electron chi connectivity index (χ0n) is 37.9. The van der Waals surface area contributed by atoms with Crippen LogP contribution in [0, 0.1) is 0 Å². The van der Waals surface area contributed by atoms with Crippen molar-refractivity contribution in [2.45, 2.75) is 115 Å². The molecule has 3 unspecified atom stereocenters. The van der Waals surface area contributed by atoms with Gasteiger partial charge in [-0.1, -0.05) is 0 Å². The van der Waals surface area contributed by atoms with Gasteiger partial charge in [0.05, 0.1) is 0 Å². The van der Waals surface area contributed by atoms with Gasteiger partial charge in [-0.05, 0) is 0 Å². The van der Waals surface area contributed by atoms with Gasteiger partial charge in [-0.2, -0.15) is 0 Å².